The summed E-state index contributed by atoms with van der Waals surface area (Å²) < 4.78 is 18.2. The van der Waals surface area contributed by atoms with Crippen molar-refractivity contribution in [2.75, 3.05) is 6.61 Å². The predicted molar refractivity (Wildman–Crippen MR) is 316 cm³/mol. The summed E-state index contributed by atoms with van der Waals surface area (Å²) in [5.74, 6) is -0.402. The zero-order valence-corrected chi connectivity index (χ0v) is 47.3. The molecule has 5 nitrogen and oxygen atoms in total. The minimum Gasteiger partial charge on any atom is -0.465 e. The van der Waals surface area contributed by atoms with E-state index in [1.165, 1.54) is 33.4 Å². The Labute approximate surface area is 471 Å². The van der Waals surface area contributed by atoms with E-state index in [0.29, 0.717) is 29.5 Å². The van der Waals surface area contributed by atoms with Crippen LogP contribution in [-0.2, 0) is 47.1 Å². The molecule has 2 aliphatic carbocycles. The average molecular weight is 1080 g/mol. The Bertz CT molecular complexity index is 3160. The van der Waals surface area contributed by atoms with Crippen LogP contribution >= 0.6 is 34.8 Å². The van der Waals surface area contributed by atoms with Crippen LogP contribution in [0.25, 0.3) is 11.1 Å². The van der Waals surface area contributed by atoms with Crippen LogP contribution in [0.2, 0.25) is 10.0 Å². The highest BCUT2D eigenvalue weighted by atomic mass is 35.5. The van der Waals surface area contributed by atoms with Crippen molar-refractivity contribution >= 4 is 46.7 Å². The lowest BCUT2D eigenvalue weighted by Crippen LogP contribution is -2.37. The topological polar surface area (TPSA) is 61.8 Å². The molecule has 8 aromatic carbocycles. The molecule has 1 saturated carbocycles. The Morgan fingerprint density at radius 2 is 0.961 bits per heavy atom. The lowest BCUT2D eigenvalue weighted by atomic mass is 9.79. The van der Waals surface area contributed by atoms with E-state index in [1.54, 1.807) is 0 Å². The van der Waals surface area contributed by atoms with E-state index in [-0.39, 0.29) is 35.5 Å². The van der Waals surface area contributed by atoms with Crippen LogP contribution in [0.1, 0.15) is 129 Å². The highest BCUT2D eigenvalue weighted by molar-refractivity contribution is 6.35. The first kappa shape index (κ1) is 56.7. The summed E-state index contributed by atoms with van der Waals surface area (Å²) in [6.07, 6.45) is 4.69. The summed E-state index contributed by atoms with van der Waals surface area (Å²) in [4.78, 5) is 24.4. The van der Waals surface area contributed by atoms with Crippen molar-refractivity contribution in [2.24, 2.45) is 5.92 Å². The Hall–Kier alpha value is -6.47. The monoisotopic (exact) mass is 1080 g/mol. The lowest BCUT2D eigenvalue weighted by molar-refractivity contribution is -0.159. The van der Waals surface area contributed by atoms with Gasteiger partial charge in [-0.3, -0.25) is 9.59 Å². The SMILES string of the molecule is CCC(=O)OCC1c2ccccc2-c2ccccc21.CCc1ccc(C(Cl)(c2ccccc2)c2ccccc2Cl)cc1.CCc1ccc(C(OC(=O)[C@H]2CC[C@H](OC(C)(C)C)C2)(c2ccccc2)c2ccccc2Cl)cc1. The van der Waals surface area contributed by atoms with Crippen LogP contribution in [0.5, 0.6) is 0 Å². The van der Waals surface area contributed by atoms with Crippen LogP contribution in [0, 0.1) is 5.92 Å². The van der Waals surface area contributed by atoms with E-state index >= 15 is 0 Å². The molecule has 0 heterocycles. The first-order chi connectivity index (χ1) is 37.2. The molecule has 4 atom stereocenters. The number of alkyl halides is 1. The largest absolute Gasteiger partial charge is 0.465 e. The molecule has 396 valence electrons. The Balaban J connectivity index is 0.000000161. The van der Waals surface area contributed by atoms with Gasteiger partial charge in [0.15, 0.2) is 5.60 Å². The van der Waals surface area contributed by atoms with E-state index in [9.17, 15) is 9.59 Å². The van der Waals surface area contributed by atoms with Gasteiger partial charge in [-0.25, -0.2) is 0 Å². The first-order valence-electron chi connectivity index (χ1n) is 26.9. The first-order valence-corrected chi connectivity index (χ1v) is 28.1. The molecule has 10 rings (SSSR count). The van der Waals surface area contributed by atoms with Crippen molar-refractivity contribution in [1.29, 1.82) is 0 Å². The fourth-order valence-corrected chi connectivity index (χ4v) is 11.6. The number of rotatable bonds is 14. The van der Waals surface area contributed by atoms with Gasteiger partial charge >= 0.3 is 11.9 Å². The van der Waals surface area contributed by atoms with Crippen LogP contribution in [0.4, 0.5) is 0 Å². The van der Waals surface area contributed by atoms with Crippen LogP contribution in [-0.4, -0.2) is 30.3 Å². The second-order valence-electron chi connectivity index (χ2n) is 20.7. The number of aryl methyl sites for hydroxylation is 2. The van der Waals surface area contributed by atoms with Crippen molar-refractivity contribution in [2.45, 2.75) is 108 Å². The second-order valence-corrected chi connectivity index (χ2v) is 22.1. The average Bonchev–Trinajstić information content (AvgIpc) is 4.09. The van der Waals surface area contributed by atoms with Crippen molar-refractivity contribution in [1.82, 2.24) is 0 Å². The zero-order valence-electron chi connectivity index (χ0n) is 45.0. The highest BCUT2D eigenvalue weighted by Gasteiger charge is 2.45. The molecule has 0 aliphatic heterocycles. The van der Waals surface area contributed by atoms with E-state index in [4.69, 9.17) is 49.0 Å². The fourth-order valence-electron chi connectivity index (χ4n) is 10.6. The molecule has 0 radical (unpaired) electrons. The van der Waals surface area contributed by atoms with Crippen molar-refractivity contribution in [3.63, 3.8) is 0 Å². The summed E-state index contributed by atoms with van der Waals surface area (Å²) >= 11 is 20.5. The van der Waals surface area contributed by atoms with Gasteiger partial charge in [0.25, 0.3) is 0 Å². The maximum atomic E-state index is 13.8. The molecule has 0 saturated heterocycles. The summed E-state index contributed by atoms with van der Waals surface area (Å²) in [7, 11) is 0. The minimum atomic E-state index is -1.16. The van der Waals surface area contributed by atoms with Gasteiger partial charge in [0.1, 0.15) is 11.5 Å². The van der Waals surface area contributed by atoms with E-state index in [0.717, 1.165) is 59.1 Å². The van der Waals surface area contributed by atoms with Crippen molar-refractivity contribution in [3.8, 4) is 11.1 Å². The third-order valence-corrected chi connectivity index (χ3v) is 15.8. The molecule has 0 bridgehead atoms. The third kappa shape index (κ3) is 13.1. The lowest BCUT2D eigenvalue weighted by Gasteiger charge is -2.36. The summed E-state index contributed by atoms with van der Waals surface area (Å²) in [6, 6.07) is 68.9. The predicted octanol–water partition coefficient (Wildman–Crippen LogP) is 17.9. The molecular weight excluding hydrogens is 1020 g/mol. The number of carbonyl (C=O) groups excluding carboxylic acids is 2. The third-order valence-electron chi connectivity index (χ3n) is 14.5. The van der Waals surface area contributed by atoms with Gasteiger partial charge in [0.05, 0.1) is 17.6 Å². The van der Waals surface area contributed by atoms with Gasteiger partial charge in [-0.1, -0.05) is 238 Å². The van der Waals surface area contributed by atoms with Gasteiger partial charge < -0.3 is 14.2 Å². The summed E-state index contributed by atoms with van der Waals surface area (Å²) in [5.41, 5.74) is 11.6. The molecule has 0 aromatic heterocycles. The quantitative estimate of drug-likeness (QED) is 0.0617. The Kier molecular flexibility index (Phi) is 19.0. The number of ether oxygens (including phenoxy) is 3. The maximum absolute atomic E-state index is 13.8. The number of hydrogen-bond acceptors (Lipinski definition) is 5. The normalized spacial score (nSPS) is 16.2. The molecule has 8 heteroatoms. The van der Waals surface area contributed by atoms with Crippen LogP contribution < -0.4 is 0 Å². The molecule has 0 spiro atoms. The molecule has 0 N–H and O–H groups in total. The van der Waals surface area contributed by atoms with E-state index in [1.807, 2.05) is 128 Å². The number of fused-ring (bicyclic) bond motifs is 3. The molecular formula is C69H69Cl3O5. The number of halogens is 3. The van der Waals surface area contributed by atoms with Gasteiger partial charge in [0.2, 0.25) is 0 Å². The maximum Gasteiger partial charge on any atom is 0.310 e. The van der Waals surface area contributed by atoms with Crippen LogP contribution in [0.15, 0.2) is 206 Å². The molecule has 8 aromatic rings. The van der Waals surface area contributed by atoms with Crippen molar-refractivity contribution < 1.29 is 23.8 Å². The van der Waals surface area contributed by atoms with Gasteiger partial charge in [0, 0.05) is 44.6 Å². The standard InChI is InChI=1S/C31H35ClO3.C21H18Cl2.C17H16O2/c1-5-22-15-18-25(19-16-22)31(24-11-7-6-8-12-24,27-13-9-10-14-28(27)32)35-29(33)23-17-20-26(21-23)34-30(2,3)4;1-2-16-12-14-18(15-13-16)21(23,17-8-4-3-5-9-17)19-10-6-7-11-20(19)22;1-2-17(18)19-11-16-14-9-5-3-7-12(14)13-8-4-6-10-15(13)16/h6-16,18-19,23,26H,5,17,20-21H2,1-4H3;3-15H,2H2,1H3;3-10,16H,2,11H2,1H3/t23-,26-,31?;;/m0../s1. The van der Waals surface area contributed by atoms with Crippen LogP contribution in [0.3, 0.4) is 0 Å². The van der Waals surface area contributed by atoms with E-state index < -0.39 is 10.5 Å². The molecule has 2 aliphatic rings. The minimum absolute atomic E-state index is 0.0582. The fraction of sp³-hybridized carbons (Fsp3) is 0.275. The van der Waals surface area contributed by atoms with E-state index in [2.05, 4.69) is 120 Å². The van der Waals surface area contributed by atoms with Gasteiger partial charge in [-0.05, 0) is 110 Å². The Morgan fingerprint density at radius 3 is 1.47 bits per heavy atom. The molecule has 2 unspecified atom stereocenters. The molecule has 0 amide bonds. The smallest absolute Gasteiger partial charge is 0.310 e. The van der Waals surface area contributed by atoms with Gasteiger partial charge in [-0.15, -0.1) is 11.6 Å². The van der Waals surface area contributed by atoms with Gasteiger partial charge in [-0.2, -0.15) is 0 Å². The number of hydrogen-bond donors (Lipinski definition) is 0. The second kappa shape index (κ2) is 25.8. The number of carbonyl (C=O) groups is 2. The number of benzene rings is 8. The Morgan fingerprint density at radius 1 is 0.519 bits per heavy atom. The summed E-state index contributed by atoms with van der Waals surface area (Å²) in [5, 5.41) is 1.23. The van der Waals surface area contributed by atoms with Crippen molar-refractivity contribution in [3.05, 3.63) is 272 Å². The molecule has 1 fully saturated rings. The number of esters is 2. The highest BCUT2D eigenvalue weighted by Crippen LogP contribution is 2.48. The summed E-state index contributed by atoms with van der Waals surface area (Å²) in [6.45, 7) is 12.7. The zero-order chi connectivity index (χ0) is 54.6. The molecule has 77 heavy (non-hydrogen) atoms.